The van der Waals surface area contributed by atoms with E-state index in [4.69, 9.17) is 0 Å². The van der Waals surface area contributed by atoms with Crippen molar-refractivity contribution >= 4 is 16.9 Å². The lowest BCUT2D eigenvalue weighted by Gasteiger charge is -2.25. The Morgan fingerprint density at radius 3 is 2.33 bits per heavy atom. The summed E-state index contributed by atoms with van der Waals surface area (Å²) in [7, 11) is -1.21. The van der Waals surface area contributed by atoms with E-state index in [0.29, 0.717) is 17.6 Å². The third-order valence-electron chi connectivity index (χ3n) is 4.32. The number of carbonyl (C=O) groups is 1. The van der Waals surface area contributed by atoms with Crippen LogP contribution >= 0.6 is 0 Å². The maximum Gasteiger partial charge on any atom is 0.416 e. The van der Waals surface area contributed by atoms with E-state index in [2.05, 4.69) is 10.0 Å². The van der Waals surface area contributed by atoms with Crippen LogP contribution in [0.2, 0.25) is 0 Å². The normalized spacial score (nSPS) is 24.6. The van der Waals surface area contributed by atoms with Crippen molar-refractivity contribution < 1.29 is 22.2 Å². The van der Waals surface area contributed by atoms with Crippen molar-refractivity contribution in [1.29, 1.82) is 0 Å². The van der Waals surface area contributed by atoms with Crippen molar-refractivity contribution in [1.82, 2.24) is 10.0 Å². The minimum absolute atomic E-state index is 0.106. The summed E-state index contributed by atoms with van der Waals surface area (Å²) in [4.78, 5) is 12.4. The van der Waals surface area contributed by atoms with Crippen molar-refractivity contribution in [3.63, 3.8) is 0 Å². The van der Waals surface area contributed by atoms with Crippen LogP contribution in [0.3, 0.4) is 0 Å². The molecule has 0 saturated heterocycles. The molecular weight excluding hydrogens is 377 g/mol. The van der Waals surface area contributed by atoms with Gasteiger partial charge in [-0.05, 0) is 46.6 Å². The zero-order chi connectivity index (χ0) is 20.4. The highest BCUT2D eigenvalue weighted by atomic mass is 32.2. The average Bonchev–Trinajstić information content (AvgIpc) is 2.55. The second kappa shape index (κ2) is 8.14. The summed E-state index contributed by atoms with van der Waals surface area (Å²) in [5.74, 6) is -0.330. The molecule has 150 valence electrons. The highest BCUT2D eigenvalue weighted by Gasteiger charge is 2.34. The Hall–Kier alpha value is -1.67. The van der Waals surface area contributed by atoms with Gasteiger partial charge in [0.2, 0.25) is 0 Å². The molecule has 3 atom stereocenters. The summed E-state index contributed by atoms with van der Waals surface area (Å²) >= 11 is 0. The minimum Gasteiger partial charge on any atom is -0.345 e. The SMILES string of the molecule is CC1=CC(C(F)(F)F)=CCC1NC(=O)C1=CCC(NS(=O)C(C)(C)C)C=C1. The second-order valence-corrected chi connectivity index (χ2v) is 9.66. The van der Waals surface area contributed by atoms with E-state index in [0.717, 1.165) is 12.2 Å². The smallest absolute Gasteiger partial charge is 0.345 e. The van der Waals surface area contributed by atoms with E-state index in [1.165, 1.54) is 0 Å². The third-order valence-corrected chi connectivity index (χ3v) is 5.94. The van der Waals surface area contributed by atoms with Gasteiger partial charge in [-0.15, -0.1) is 0 Å². The van der Waals surface area contributed by atoms with Crippen molar-refractivity contribution in [2.45, 2.75) is 63.5 Å². The van der Waals surface area contributed by atoms with Gasteiger partial charge in [-0.3, -0.25) is 4.79 Å². The Morgan fingerprint density at radius 1 is 1.19 bits per heavy atom. The highest BCUT2D eigenvalue weighted by molar-refractivity contribution is 7.84. The van der Waals surface area contributed by atoms with E-state index >= 15 is 0 Å². The fraction of sp³-hybridized carbons (Fsp3) is 0.526. The zero-order valence-corrected chi connectivity index (χ0v) is 16.6. The van der Waals surface area contributed by atoms with E-state index in [1.807, 2.05) is 20.8 Å². The first kappa shape index (κ1) is 21.6. The van der Waals surface area contributed by atoms with Crippen molar-refractivity contribution in [2.75, 3.05) is 0 Å². The summed E-state index contributed by atoms with van der Waals surface area (Å²) in [6, 6.07) is -0.586. The number of nitrogens with one attached hydrogen (secondary N) is 2. The molecule has 27 heavy (non-hydrogen) atoms. The molecule has 8 heteroatoms. The molecule has 0 spiro atoms. The summed E-state index contributed by atoms with van der Waals surface area (Å²) < 4.78 is 53.0. The highest BCUT2D eigenvalue weighted by Crippen LogP contribution is 2.31. The standard InChI is InChI=1S/C19H25F3N2O2S/c1-12-11-14(19(20,21)22)7-10-16(12)23-17(25)13-5-8-15(9-6-13)24-27(26)18(2,3)4/h5-8,11,15-16,24H,9-10H2,1-4H3,(H,23,25). The number of amides is 1. The van der Waals surface area contributed by atoms with Crippen molar-refractivity contribution in [2.24, 2.45) is 0 Å². The molecule has 2 rings (SSSR count). The Labute approximate surface area is 160 Å². The van der Waals surface area contributed by atoms with Crippen LogP contribution in [0, 0.1) is 0 Å². The molecule has 2 aliphatic rings. The van der Waals surface area contributed by atoms with Gasteiger partial charge in [0.15, 0.2) is 0 Å². The number of hydrogen-bond acceptors (Lipinski definition) is 2. The molecule has 2 aliphatic carbocycles. The lowest BCUT2D eigenvalue weighted by atomic mass is 9.94. The Balaban J connectivity index is 1.92. The van der Waals surface area contributed by atoms with Crippen LogP contribution in [-0.4, -0.2) is 33.1 Å². The predicted molar refractivity (Wildman–Crippen MR) is 101 cm³/mol. The van der Waals surface area contributed by atoms with Crippen LogP contribution in [-0.2, 0) is 15.8 Å². The van der Waals surface area contributed by atoms with Crippen LogP contribution in [0.4, 0.5) is 13.2 Å². The summed E-state index contributed by atoms with van der Waals surface area (Å²) in [5, 5.41) is 2.77. The summed E-state index contributed by atoms with van der Waals surface area (Å²) in [6.45, 7) is 7.19. The molecule has 0 aromatic rings. The van der Waals surface area contributed by atoms with Crippen LogP contribution < -0.4 is 10.0 Å². The van der Waals surface area contributed by atoms with Gasteiger partial charge in [-0.25, -0.2) is 8.93 Å². The first-order valence-corrected chi connectivity index (χ1v) is 9.85. The van der Waals surface area contributed by atoms with Gasteiger partial charge >= 0.3 is 6.18 Å². The lowest BCUT2D eigenvalue weighted by molar-refractivity contribution is -0.117. The van der Waals surface area contributed by atoms with Gasteiger partial charge in [0, 0.05) is 11.6 Å². The first-order valence-electron chi connectivity index (χ1n) is 8.71. The summed E-state index contributed by atoms with van der Waals surface area (Å²) in [5.41, 5.74) is 0.245. The number of allylic oxidation sites excluding steroid dienone is 2. The van der Waals surface area contributed by atoms with Gasteiger partial charge in [0.1, 0.15) is 0 Å². The topological polar surface area (TPSA) is 58.2 Å². The molecule has 4 nitrogen and oxygen atoms in total. The molecule has 0 heterocycles. The fourth-order valence-corrected chi connectivity index (χ4v) is 3.44. The molecule has 3 unspecified atom stereocenters. The molecule has 0 aromatic heterocycles. The summed E-state index contributed by atoms with van der Waals surface area (Å²) in [6.07, 6.45) is 3.59. The maximum atomic E-state index is 12.7. The minimum atomic E-state index is -4.37. The van der Waals surface area contributed by atoms with E-state index in [-0.39, 0.29) is 23.1 Å². The van der Waals surface area contributed by atoms with Gasteiger partial charge < -0.3 is 5.32 Å². The zero-order valence-electron chi connectivity index (χ0n) is 15.8. The van der Waals surface area contributed by atoms with E-state index in [9.17, 15) is 22.2 Å². The molecule has 0 fully saturated rings. The third kappa shape index (κ3) is 5.90. The lowest BCUT2D eigenvalue weighted by Crippen LogP contribution is -2.40. The molecule has 2 N–H and O–H groups in total. The second-order valence-electron chi connectivity index (χ2n) is 7.67. The molecule has 0 aliphatic heterocycles. The molecule has 0 aromatic carbocycles. The largest absolute Gasteiger partial charge is 0.416 e. The number of carbonyl (C=O) groups excluding carboxylic acids is 1. The number of hydrogen-bond donors (Lipinski definition) is 2. The van der Waals surface area contributed by atoms with Crippen molar-refractivity contribution in [3.8, 4) is 0 Å². The first-order chi connectivity index (χ1) is 12.4. The van der Waals surface area contributed by atoms with Crippen molar-refractivity contribution in [3.05, 3.63) is 47.1 Å². The van der Waals surface area contributed by atoms with E-state index < -0.39 is 28.8 Å². The molecule has 0 saturated carbocycles. The number of halogens is 3. The van der Waals surface area contributed by atoms with Gasteiger partial charge in [-0.1, -0.05) is 29.9 Å². The fourth-order valence-electron chi connectivity index (χ4n) is 2.64. The van der Waals surface area contributed by atoms with Gasteiger partial charge in [0.25, 0.3) is 5.91 Å². The monoisotopic (exact) mass is 402 g/mol. The molecular formula is C19H25F3N2O2S. The molecule has 0 radical (unpaired) electrons. The molecule has 1 amide bonds. The Morgan fingerprint density at radius 2 is 1.85 bits per heavy atom. The Bertz CT molecular complexity index is 743. The number of alkyl halides is 3. The predicted octanol–water partition coefficient (Wildman–Crippen LogP) is 3.62. The van der Waals surface area contributed by atoms with Gasteiger partial charge in [0.05, 0.1) is 27.3 Å². The quantitative estimate of drug-likeness (QED) is 0.755. The van der Waals surface area contributed by atoms with Gasteiger partial charge in [-0.2, -0.15) is 13.2 Å². The van der Waals surface area contributed by atoms with Crippen LogP contribution in [0.5, 0.6) is 0 Å². The van der Waals surface area contributed by atoms with Crippen LogP contribution in [0.1, 0.15) is 40.5 Å². The molecule has 0 bridgehead atoms. The Kier molecular flexibility index (Phi) is 6.52. The number of rotatable bonds is 4. The van der Waals surface area contributed by atoms with Crippen LogP contribution in [0.15, 0.2) is 47.1 Å². The maximum absolute atomic E-state index is 12.7. The average molecular weight is 402 g/mol. The van der Waals surface area contributed by atoms with E-state index in [1.54, 1.807) is 25.2 Å². The van der Waals surface area contributed by atoms with Crippen LogP contribution in [0.25, 0.3) is 0 Å².